The second-order valence-corrected chi connectivity index (χ2v) is 12.5. The van der Waals surface area contributed by atoms with Gasteiger partial charge in [-0.1, -0.05) is 24.3 Å². The number of nitrogens with one attached hydrogen (secondary N) is 1. The van der Waals surface area contributed by atoms with Gasteiger partial charge in [0.2, 0.25) is 0 Å². The number of aromatic amines is 1. The molecular formula is C26H30F3N3O3S. The van der Waals surface area contributed by atoms with E-state index in [4.69, 9.17) is 5.73 Å². The van der Waals surface area contributed by atoms with E-state index in [1.54, 1.807) is 20.0 Å². The van der Waals surface area contributed by atoms with Gasteiger partial charge in [0, 0.05) is 29.2 Å². The molecule has 2 aromatic carbocycles. The number of alkyl halides is 3. The van der Waals surface area contributed by atoms with Gasteiger partial charge in [0.15, 0.2) is 15.6 Å². The maximum atomic E-state index is 13.4. The molecule has 0 aliphatic carbocycles. The average molecular weight is 522 g/mol. The fourth-order valence-corrected chi connectivity index (χ4v) is 6.83. The first-order valence-electron chi connectivity index (χ1n) is 11.8. The Morgan fingerprint density at radius 1 is 1.11 bits per heavy atom. The summed E-state index contributed by atoms with van der Waals surface area (Å²) in [6.45, 7) is 4.58. The van der Waals surface area contributed by atoms with Crippen molar-refractivity contribution in [1.29, 1.82) is 0 Å². The highest BCUT2D eigenvalue weighted by Gasteiger charge is 2.44. The molecule has 6 nitrogen and oxygen atoms in total. The number of rotatable bonds is 7. The summed E-state index contributed by atoms with van der Waals surface area (Å²) in [5.41, 5.74) is 6.67. The summed E-state index contributed by atoms with van der Waals surface area (Å²) < 4.78 is 64.9. The third kappa shape index (κ3) is 4.94. The standard InChI is InChI=1S/C26H30F3N3O3S/c1-25(2,36(34,35)19-7-5-6-18(14-19)26(27,28)29)17-10-12-32(13-11-17)16-22(30)24(33)21-15-31-23-9-4-3-8-20(21)23/h3-9,14-15,17,22,31H,10-13,16,30H2,1-2H3/t22-/m1/s1. The molecule has 1 atom stereocenters. The topological polar surface area (TPSA) is 96.3 Å². The quantitative estimate of drug-likeness (QED) is 0.441. The second-order valence-electron chi connectivity index (χ2n) is 9.93. The number of sulfone groups is 1. The zero-order valence-corrected chi connectivity index (χ0v) is 21.0. The molecule has 1 saturated heterocycles. The molecule has 4 rings (SSSR count). The zero-order chi connectivity index (χ0) is 26.3. The lowest BCUT2D eigenvalue weighted by molar-refractivity contribution is -0.137. The van der Waals surface area contributed by atoms with Crippen LogP contribution in [0.25, 0.3) is 10.9 Å². The molecule has 0 amide bonds. The van der Waals surface area contributed by atoms with Crippen molar-refractivity contribution in [2.45, 2.75) is 48.5 Å². The molecule has 10 heteroatoms. The lowest BCUT2D eigenvalue weighted by Gasteiger charge is -2.40. The molecule has 194 valence electrons. The number of piperidine rings is 1. The minimum atomic E-state index is -4.62. The third-order valence-corrected chi connectivity index (χ3v) is 9.97. The predicted octanol–water partition coefficient (Wildman–Crippen LogP) is 4.66. The van der Waals surface area contributed by atoms with Gasteiger partial charge >= 0.3 is 6.18 Å². The fraction of sp³-hybridized carbons (Fsp3) is 0.423. The van der Waals surface area contributed by atoms with E-state index in [-0.39, 0.29) is 16.6 Å². The van der Waals surface area contributed by atoms with Crippen LogP contribution in [0.5, 0.6) is 0 Å². The Morgan fingerprint density at radius 3 is 2.44 bits per heavy atom. The maximum Gasteiger partial charge on any atom is 0.416 e. The van der Waals surface area contributed by atoms with E-state index in [0.717, 1.165) is 23.0 Å². The molecule has 36 heavy (non-hydrogen) atoms. The van der Waals surface area contributed by atoms with Crippen molar-refractivity contribution < 1.29 is 26.4 Å². The van der Waals surface area contributed by atoms with Crippen molar-refractivity contribution in [3.05, 3.63) is 65.9 Å². The molecule has 1 aromatic heterocycles. The molecule has 0 saturated carbocycles. The number of carbonyl (C=O) groups excluding carboxylic acids is 1. The SMILES string of the molecule is CC(C)(C1CCN(C[C@@H](N)C(=O)c2c[nH]c3ccccc23)CC1)S(=O)(=O)c1cccc(C(F)(F)F)c1. The molecule has 1 aliphatic heterocycles. The summed E-state index contributed by atoms with van der Waals surface area (Å²) in [5, 5.41) is 0.818. The highest BCUT2D eigenvalue weighted by atomic mass is 32.2. The van der Waals surface area contributed by atoms with Crippen LogP contribution in [0.15, 0.2) is 59.6 Å². The number of Topliss-reactive ketones (excluding diaryl/α,β-unsaturated/α-hetero) is 1. The molecule has 3 N–H and O–H groups in total. The number of nitrogens with two attached hydrogens (primary N) is 1. The smallest absolute Gasteiger partial charge is 0.360 e. The van der Waals surface area contributed by atoms with E-state index in [9.17, 15) is 26.4 Å². The number of para-hydroxylation sites is 1. The largest absolute Gasteiger partial charge is 0.416 e. The van der Waals surface area contributed by atoms with Gasteiger partial charge in [-0.2, -0.15) is 13.2 Å². The number of likely N-dealkylation sites (tertiary alicyclic amines) is 1. The number of H-pyrrole nitrogens is 1. The Kier molecular flexibility index (Phi) is 7.07. The minimum absolute atomic E-state index is 0.165. The van der Waals surface area contributed by atoms with Gasteiger partial charge in [0.25, 0.3) is 0 Å². The number of aromatic nitrogens is 1. The van der Waals surface area contributed by atoms with E-state index >= 15 is 0 Å². The molecular weight excluding hydrogens is 491 g/mol. The van der Waals surface area contributed by atoms with E-state index < -0.39 is 32.4 Å². The Morgan fingerprint density at radius 2 is 1.78 bits per heavy atom. The van der Waals surface area contributed by atoms with Crippen molar-refractivity contribution in [2.75, 3.05) is 19.6 Å². The average Bonchev–Trinajstić information content (AvgIpc) is 3.27. The van der Waals surface area contributed by atoms with E-state index in [1.165, 1.54) is 6.07 Å². The number of ketones is 1. The molecule has 0 spiro atoms. The van der Waals surface area contributed by atoms with Crippen molar-refractivity contribution in [1.82, 2.24) is 9.88 Å². The number of benzene rings is 2. The normalized spacial score (nSPS) is 17.4. The highest BCUT2D eigenvalue weighted by Crippen LogP contribution is 2.39. The van der Waals surface area contributed by atoms with E-state index in [1.807, 2.05) is 29.2 Å². The first-order chi connectivity index (χ1) is 16.8. The Bertz CT molecular complexity index is 1360. The van der Waals surface area contributed by atoms with Crippen LogP contribution in [0.3, 0.4) is 0 Å². The van der Waals surface area contributed by atoms with Gasteiger partial charge < -0.3 is 15.6 Å². The Hall–Kier alpha value is -2.69. The summed E-state index contributed by atoms with van der Waals surface area (Å²) in [5.74, 6) is -0.420. The van der Waals surface area contributed by atoms with Crippen LogP contribution < -0.4 is 5.73 Å². The number of hydrogen-bond donors (Lipinski definition) is 2. The molecule has 0 bridgehead atoms. The van der Waals surface area contributed by atoms with E-state index in [2.05, 4.69) is 4.98 Å². The van der Waals surface area contributed by atoms with Crippen molar-refractivity contribution in [3.8, 4) is 0 Å². The van der Waals surface area contributed by atoms with Crippen molar-refractivity contribution in [2.24, 2.45) is 11.7 Å². The number of carbonyl (C=O) groups is 1. The number of nitrogens with zero attached hydrogens (tertiary/aromatic N) is 1. The number of hydrogen-bond acceptors (Lipinski definition) is 5. The monoisotopic (exact) mass is 521 g/mol. The molecule has 0 unspecified atom stereocenters. The molecule has 0 radical (unpaired) electrons. The van der Waals surface area contributed by atoms with Gasteiger partial charge in [-0.25, -0.2) is 8.42 Å². The van der Waals surface area contributed by atoms with Crippen LogP contribution in [0.4, 0.5) is 13.2 Å². The summed E-state index contributed by atoms with van der Waals surface area (Å²) in [6, 6.07) is 10.7. The van der Waals surface area contributed by atoms with Crippen LogP contribution in [0, 0.1) is 5.92 Å². The van der Waals surface area contributed by atoms with Crippen LogP contribution >= 0.6 is 0 Å². The fourth-order valence-electron chi connectivity index (χ4n) is 5.01. The Labute approximate surface area is 208 Å². The lowest BCUT2D eigenvalue weighted by Crippen LogP contribution is -2.49. The minimum Gasteiger partial charge on any atom is -0.360 e. The van der Waals surface area contributed by atoms with Crippen molar-refractivity contribution >= 4 is 26.5 Å². The first-order valence-corrected chi connectivity index (χ1v) is 13.3. The number of halogens is 3. The van der Waals surface area contributed by atoms with Crippen LogP contribution in [-0.4, -0.2) is 54.5 Å². The van der Waals surface area contributed by atoms with Gasteiger partial charge in [0.1, 0.15) is 0 Å². The maximum absolute atomic E-state index is 13.4. The van der Waals surface area contributed by atoms with Gasteiger partial charge in [0.05, 0.1) is 21.2 Å². The zero-order valence-electron chi connectivity index (χ0n) is 20.2. The Balaban J connectivity index is 1.41. The van der Waals surface area contributed by atoms with Crippen LogP contribution in [0.2, 0.25) is 0 Å². The third-order valence-electron chi connectivity index (χ3n) is 7.38. The van der Waals surface area contributed by atoms with E-state index in [0.29, 0.717) is 44.1 Å². The second kappa shape index (κ2) is 9.64. The lowest BCUT2D eigenvalue weighted by atomic mass is 9.85. The summed E-state index contributed by atoms with van der Waals surface area (Å²) in [7, 11) is -4.03. The van der Waals surface area contributed by atoms with Crippen molar-refractivity contribution in [3.63, 3.8) is 0 Å². The number of fused-ring (bicyclic) bond motifs is 1. The summed E-state index contributed by atoms with van der Waals surface area (Å²) in [4.78, 5) is 17.8. The summed E-state index contributed by atoms with van der Waals surface area (Å²) in [6.07, 6.45) is -1.90. The highest BCUT2D eigenvalue weighted by molar-refractivity contribution is 7.92. The molecule has 2 heterocycles. The van der Waals surface area contributed by atoms with Crippen LogP contribution in [-0.2, 0) is 16.0 Å². The molecule has 3 aromatic rings. The van der Waals surface area contributed by atoms with Gasteiger partial charge in [-0.3, -0.25) is 4.79 Å². The van der Waals surface area contributed by atoms with Crippen LogP contribution in [0.1, 0.15) is 42.6 Å². The summed E-state index contributed by atoms with van der Waals surface area (Å²) >= 11 is 0. The molecule has 1 aliphatic rings. The predicted molar refractivity (Wildman–Crippen MR) is 132 cm³/mol. The van der Waals surface area contributed by atoms with Gasteiger partial charge in [-0.05, 0) is 70.0 Å². The first kappa shape index (κ1) is 26.4. The molecule has 1 fully saturated rings. The van der Waals surface area contributed by atoms with Gasteiger partial charge in [-0.15, -0.1) is 0 Å².